The number of nitrogens with zero attached hydrogens (tertiary/aromatic N) is 3. The number of ether oxygens (including phenoxy) is 1. The molecule has 0 aliphatic carbocycles. The van der Waals surface area contributed by atoms with Crippen LogP contribution < -0.4 is 10.9 Å². The lowest BCUT2D eigenvalue weighted by Crippen LogP contribution is -2.49. The van der Waals surface area contributed by atoms with Gasteiger partial charge in [0.15, 0.2) is 0 Å². The van der Waals surface area contributed by atoms with Gasteiger partial charge in [0.25, 0.3) is 5.56 Å². The third kappa shape index (κ3) is 4.27. The molecular weight excluding hydrogens is 322 g/mol. The fourth-order valence-corrected chi connectivity index (χ4v) is 2.87. The van der Waals surface area contributed by atoms with E-state index in [1.807, 2.05) is 25.1 Å². The minimum atomic E-state index is -0.238. The van der Waals surface area contributed by atoms with Crippen LogP contribution in [0.25, 0.3) is 10.9 Å². The fourth-order valence-electron chi connectivity index (χ4n) is 2.87. The summed E-state index contributed by atoms with van der Waals surface area (Å²) in [4.78, 5) is 34.9. The fraction of sp³-hybridized carbons (Fsp3) is 0.471. The van der Waals surface area contributed by atoms with Crippen molar-refractivity contribution < 1.29 is 9.53 Å². The molecule has 1 amide bonds. The normalized spacial score (nSPS) is 15.3. The maximum absolute atomic E-state index is 12.0. The SMILES string of the molecule is CCOC(=O)N1CCN(CCNc2nc3ccccc3c(=O)[nH]2)CC1. The van der Waals surface area contributed by atoms with Gasteiger partial charge in [0.05, 0.1) is 17.5 Å². The van der Waals surface area contributed by atoms with E-state index in [1.165, 1.54) is 0 Å². The summed E-state index contributed by atoms with van der Waals surface area (Å²) in [5, 5.41) is 3.75. The van der Waals surface area contributed by atoms with E-state index in [2.05, 4.69) is 20.2 Å². The molecular formula is C17H23N5O3. The first-order valence-electron chi connectivity index (χ1n) is 8.54. The van der Waals surface area contributed by atoms with Crippen LogP contribution in [0, 0.1) is 0 Å². The average molecular weight is 345 g/mol. The lowest BCUT2D eigenvalue weighted by Gasteiger charge is -2.33. The van der Waals surface area contributed by atoms with Gasteiger partial charge in [-0.25, -0.2) is 9.78 Å². The highest BCUT2D eigenvalue weighted by Gasteiger charge is 2.21. The molecule has 0 atom stereocenters. The quantitative estimate of drug-likeness (QED) is 0.844. The van der Waals surface area contributed by atoms with Gasteiger partial charge in [-0.3, -0.25) is 14.7 Å². The van der Waals surface area contributed by atoms with Gasteiger partial charge in [0, 0.05) is 39.3 Å². The van der Waals surface area contributed by atoms with Crippen LogP contribution in [-0.2, 0) is 4.74 Å². The van der Waals surface area contributed by atoms with Crippen molar-refractivity contribution in [3.05, 3.63) is 34.6 Å². The predicted octanol–water partition coefficient (Wildman–Crippen LogP) is 1.11. The van der Waals surface area contributed by atoms with Crippen molar-refractivity contribution in [2.75, 3.05) is 51.2 Å². The van der Waals surface area contributed by atoms with Crippen LogP contribution >= 0.6 is 0 Å². The number of carbonyl (C=O) groups is 1. The zero-order valence-corrected chi connectivity index (χ0v) is 14.3. The average Bonchev–Trinajstić information content (AvgIpc) is 2.62. The number of hydrogen-bond donors (Lipinski definition) is 2. The number of carbonyl (C=O) groups excluding carboxylic acids is 1. The molecule has 1 saturated heterocycles. The predicted molar refractivity (Wildman–Crippen MR) is 95.9 cm³/mol. The number of rotatable bonds is 5. The molecule has 1 aromatic carbocycles. The summed E-state index contributed by atoms with van der Waals surface area (Å²) in [6.45, 7) is 6.65. The molecule has 0 radical (unpaired) electrons. The zero-order chi connectivity index (χ0) is 17.6. The lowest BCUT2D eigenvalue weighted by atomic mass is 10.2. The Morgan fingerprint density at radius 1 is 1.28 bits per heavy atom. The maximum atomic E-state index is 12.0. The zero-order valence-electron chi connectivity index (χ0n) is 14.3. The van der Waals surface area contributed by atoms with Crippen LogP contribution in [-0.4, -0.2) is 71.7 Å². The summed E-state index contributed by atoms with van der Waals surface area (Å²) in [7, 11) is 0. The van der Waals surface area contributed by atoms with E-state index >= 15 is 0 Å². The van der Waals surface area contributed by atoms with E-state index in [9.17, 15) is 9.59 Å². The van der Waals surface area contributed by atoms with Crippen molar-refractivity contribution in [3.8, 4) is 0 Å². The third-order valence-electron chi connectivity index (χ3n) is 4.23. The molecule has 1 fully saturated rings. The number of anilines is 1. The highest BCUT2D eigenvalue weighted by atomic mass is 16.6. The highest BCUT2D eigenvalue weighted by molar-refractivity contribution is 5.78. The minimum Gasteiger partial charge on any atom is -0.450 e. The number of hydrogen-bond acceptors (Lipinski definition) is 6. The molecule has 25 heavy (non-hydrogen) atoms. The number of nitrogens with one attached hydrogen (secondary N) is 2. The standard InChI is InChI=1S/C17H23N5O3/c1-2-25-17(24)22-11-9-21(10-12-22)8-7-18-16-19-14-6-4-3-5-13(14)15(23)20-16/h3-6H,2,7-12H2,1H3,(H2,18,19,20,23). The van der Waals surface area contributed by atoms with E-state index in [0.29, 0.717) is 43.1 Å². The van der Waals surface area contributed by atoms with Gasteiger partial charge in [0.1, 0.15) is 0 Å². The summed E-state index contributed by atoms with van der Waals surface area (Å²) in [5.41, 5.74) is 0.535. The number of fused-ring (bicyclic) bond motifs is 1. The summed E-state index contributed by atoms with van der Waals surface area (Å²) in [6.07, 6.45) is -0.238. The summed E-state index contributed by atoms with van der Waals surface area (Å²) in [5.74, 6) is 0.480. The molecule has 0 spiro atoms. The molecule has 2 N–H and O–H groups in total. The first-order chi connectivity index (χ1) is 12.2. The number of aromatic nitrogens is 2. The van der Waals surface area contributed by atoms with Crippen LogP contribution in [0.2, 0.25) is 0 Å². The number of piperazine rings is 1. The Morgan fingerprint density at radius 2 is 2.04 bits per heavy atom. The summed E-state index contributed by atoms with van der Waals surface area (Å²) >= 11 is 0. The maximum Gasteiger partial charge on any atom is 0.409 e. The molecule has 1 aliphatic heterocycles. The molecule has 0 saturated carbocycles. The van der Waals surface area contributed by atoms with Crippen LogP contribution in [0.1, 0.15) is 6.92 Å². The van der Waals surface area contributed by atoms with E-state index in [0.717, 1.165) is 19.6 Å². The van der Waals surface area contributed by atoms with Crippen molar-refractivity contribution in [1.29, 1.82) is 0 Å². The Labute approximate surface area is 145 Å². The third-order valence-corrected chi connectivity index (χ3v) is 4.23. The van der Waals surface area contributed by atoms with Gasteiger partial charge in [-0.2, -0.15) is 0 Å². The number of benzene rings is 1. The molecule has 8 heteroatoms. The number of aromatic amines is 1. The Balaban J connectivity index is 1.48. The lowest BCUT2D eigenvalue weighted by molar-refractivity contribution is 0.0807. The van der Waals surface area contributed by atoms with E-state index < -0.39 is 0 Å². The Hall–Kier alpha value is -2.61. The minimum absolute atomic E-state index is 0.142. The highest BCUT2D eigenvalue weighted by Crippen LogP contribution is 2.08. The Bertz CT molecular complexity index is 783. The van der Waals surface area contributed by atoms with Gasteiger partial charge in [-0.05, 0) is 19.1 Å². The van der Waals surface area contributed by atoms with Crippen LogP contribution in [0.3, 0.4) is 0 Å². The van der Waals surface area contributed by atoms with Gasteiger partial charge < -0.3 is 15.0 Å². The number of H-pyrrole nitrogens is 1. The van der Waals surface area contributed by atoms with Gasteiger partial charge in [-0.15, -0.1) is 0 Å². The molecule has 8 nitrogen and oxygen atoms in total. The van der Waals surface area contributed by atoms with E-state index in [1.54, 1.807) is 11.0 Å². The van der Waals surface area contributed by atoms with E-state index in [-0.39, 0.29) is 11.7 Å². The topological polar surface area (TPSA) is 90.6 Å². The van der Waals surface area contributed by atoms with Crippen molar-refractivity contribution >= 4 is 22.9 Å². The van der Waals surface area contributed by atoms with Crippen LogP contribution in [0.4, 0.5) is 10.7 Å². The monoisotopic (exact) mass is 345 g/mol. The molecule has 0 bridgehead atoms. The van der Waals surface area contributed by atoms with Crippen LogP contribution in [0.5, 0.6) is 0 Å². The van der Waals surface area contributed by atoms with Crippen molar-refractivity contribution in [1.82, 2.24) is 19.8 Å². The second-order valence-electron chi connectivity index (χ2n) is 5.89. The summed E-state index contributed by atoms with van der Waals surface area (Å²) < 4.78 is 5.02. The largest absolute Gasteiger partial charge is 0.450 e. The molecule has 2 aromatic rings. The number of amides is 1. The van der Waals surface area contributed by atoms with Gasteiger partial charge in [0.2, 0.25) is 5.95 Å². The number of para-hydroxylation sites is 1. The molecule has 0 unspecified atom stereocenters. The second-order valence-corrected chi connectivity index (χ2v) is 5.89. The first-order valence-corrected chi connectivity index (χ1v) is 8.54. The van der Waals surface area contributed by atoms with Crippen molar-refractivity contribution in [3.63, 3.8) is 0 Å². The molecule has 1 aliphatic rings. The van der Waals surface area contributed by atoms with Crippen LogP contribution in [0.15, 0.2) is 29.1 Å². The molecule has 3 rings (SSSR count). The first kappa shape index (κ1) is 17.2. The smallest absolute Gasteiger partial charge is 0.409 e. The molecule has 2 heterocycles. The van der Waals surface area contributed by atoms with Gasteiger partial charge in [-0.1, -0.05) is 12.1 Å². The molecule has 134 valence electrons. The van der Waals surface area contributed by atoms with Gasteiger partial charge >= 0.3 is 6.09 Å². The Kier molecular flexibility index (Phi) is 5.49. The Morgan fingerprint density at radius 3 is 2.80 bits per heavy atom. The van der Waals surface area contributed by atoms with E-state index in [4.69, 9.17) is 4.74 Å². The summed E-state index contributed by atoms with van der Waals surface area (Å²) in [6, 6.07) is 7.27. The second kappa shape index (κ2) is 7.98. The van der Waals surface area contributed by atoms with Crippen molar-refractivity contribution in [2.24, 2.45) is 0 Å². The van der Waals surface area contributed by atoms with Crippen molar-refractivity contribution in [2.45, 2.75) is 6.92 Å². The molecule has 1 aromatic heterocycles.